The summed E-state index contributed by atoms with van der Waals surface area (Å²) in [7, 11) is 5.74. The molecule has 1 heterocycles. The molecule has 0 aliphatic rings. The van der Waals surface area contributed by atoms with E-state index in [-0.39, 0.29) is 24.0 Å². The monoisotopic (exact) mass is 485 g/mol. The molecule has 0 fully saturated rings. The zero-order valence-corrected chi connectivity index (χ0v) is 19.6. The lowest BCUT2D eigenvalue weighted by atomic mass is 10.1. The highest BCUT2D eigenvalue weighted by Crippen LogP contribution is 2.19. The van der Waals surface area contributed by atoms with Crippen LogP contribution in [0.5, 0.6) is 5.75 Å². The van der Waals surface area contributed by atoms with Gasteiger partial charge < -0.3 is 15.0 Å². The summed E-state index contributed by atoms with van der Waals surface area (Å²) < 4.78 is 7.40. The van der Waals surface area contributed by atoms with Crippen molar-refractivity contribution in [3.8, 4) is 5.75 Å². The van der Waals surface area contributed by atoms with Crippen LogP contribution in [0.4, 0.5) is 0 Å². The van der Waals surface area contributed by atoms with E-state index in [9.17, 15) is 0 Å². The van der Waals surface area contributed by atoms with Gasteiger partial charge in [0.2, 0.25) is 0 Å². The van der Waals surface area contributed by atoms with Crippen LogP contribution in [0.15, 0.2) is 29.3 Å². The number of nitrogens with one attached hydrogen (secondary N) is 1. The van der Waals surface area contributed by atoms with Crippen LogP contribution in [-0.2, 0) is 20.0 Å². The standard InChI is InChI=1S/C20H31N5O.HI/c1-7-21-20(22-13-12-18-15(2)23-25(5)16(18)3)24(4)14-17-10-8-9-11-19(17)26-6;/h8-11H,7,12-14H2,1-6H3,(H,21,22);1H. The summed E-state index contributed by atoms with van der Waals surface area (Å²) in [5.74, 6) is 1.80. The van der Waals surface area contributed by atoms with Crippen LogP contribution in [0.1, 0.15) is 29.4 Å². The molecule has 150 valence electrons. The molecule has 1 aromatic heterocycles. The molecule has 0 saturated heterocycles. The van der Waals surface area contributed by atoms with Gasteiger partial charge in [-0.1, -0.05) is 18.2 Å². The normalized spacial score (nSPS) is 11.1. The molecule has 0 atom stereocenters. The zero-order chi connectivity index (χ0) is 19.1. The van der Waals surface area contributed by atoms with E-state index in [1.165, 1.54) is 11.3 Å². The number of hydrogen-bond donors (Lipinski definition) is 1. The highest BCUT2D eigenvalue weighted by Gasteiger charge is 2.11. The average Bonchev–Trinajstić information content (AvgIpc) is 2.87. The van der Waals surface area contributed by atoms with Gasteiger partial charge in [-0.3, -0.25) is 9.67 Å². The van der Waals surface area contributed by atoms with Gasteiger partial charge in [0.05, 0.1) is 12.8 Å². The number of halogens is 1. The molecular formula is C20H32IN5O. The van der Waals surface area contributed by atoms with Crippen molar-refractivity contribution < 1.29 is 4.74 Å². The molecule has 7 heteroatoms. The SMILES string of the molecule is CCNC(=NCCc1c(C)nn(C)c1C)N(C)Cc1ccccc1OC.I. The molecule has 1 N–H and O–H groups in total. The Hall–Kier alpha value is -1.77. The van der Waals surface area contributed by atoms with E-state index in [4.69, 9.17) is 9.73 Å². The van der Waals surface area contributed by atoms with Crippen LogP contribution in [-0.4, -0.2) is 47.9 Å². The maximum atomic E-state index is 5.46. The van der Waals surface area contributed by atoms with Crippen LogP contribution < -0.4 is 10.1 Å². The Morgan fingerprint density at radius 3 is 2.59 bits per heavy atom. The molecule has 1 aromatic carbocycles. The van der Waals surface area contributed by atoms with Crippen molar-refractivity contribution in [2.75, 3.05) is 27.2 Å². The minimum atomic E-state index is 0. The van der Waals surface area contributed by atoms with Gasteiger partial charge in [0.25, 0.3) is 0 Å². The van der Waals surface area contributed by atoms with Crippen LogP contribution in [0.25, 0.3) is 0 Å². The van der Waals surface area contributed by atoms with Crippen molar-refractivity contribution in [1.29, 1.82) is 0 Å². The summed E-state index contributed by atoms with van der Waals surface area (Å²) in [6.45, 7) is 8.55. The smallest absolute Gasteiger partial charge is 0.193 e. The summed E-state index contributed by atoms with van der Waals surface area (Å²) in [6.07, 6.45) is 0.892. The minimum Gasteiger partial charge on any atom is -0.496 e. The first kappa shape index (κ1) is 23.3. The Morgan fingerprint density at radius 1 is 1.30 bits per heavy atom. The van der Waals surface area contributed by atoms with Gasteiger partial charge in [0.15, 0.2) is 5.96 Å². The van der Waals surface area contributed by atoms with Gasteiger partial charge in [0.1, 0.15) is 5.75 Å². The first-order valence-electron chi connectivity index (χ1n) is 9.08. The van der Waals surface area contributed by atoms with E-state index < -0.39 is 0 Å². The quantitative estimate of drug-likeness (QED) is 0.372. The molecule has 0 aliphatic heterocycles. The summed E-state index contributed by atoms with van der Waals surface area (Å²) >= 11 is 0. The highest BCUT2D eigenvalue weighted by molar-refractivity contribution is 14.0. The van der Waals surface area contributed by atoms with Crippen molar-refractivity contribution in [3.63, 3.8) is 0 Å². The molecule has 2 aromatic rings. The minimum absolute atomic E-state index is 0. The molecule has 6 nitrogen and oxygen atoms in total. The number of aliphatic imine (C=N–C) groups is 1. The lowest BCUT2D eigenvalue weighted by Gasteiger charge is -2.23. The Kier molecular flexibility index (Phi) is 9.62. The van der Waals surface area contributed by atoms with E-state index in [1.807, 2.05) is 29.9 Å². The Bertz CT molecular complexity index is 757. The second-order valence-corrected chi connectivity index (χ2v) is 6.43. The summed E-state index contributed by atoms with van der Waals surface area (Å²) in [4.78, 5) is 6.93. The fourth-order valence-corrected chi connectivity index (χ4v) is 3.09. The van der Waals surface area contributed by atoms with E-state index in [0.717, 1.165) is 49.0 Å². The van der Waals surface area contributed by atoms with Gasteiger partial charge in [-0.05, 0) is 38.8 Å². The number of ether oxygens (including phenoxy) is 1. The fourth-order valence-electron chi connectivity index (χ4n) is 3.09. The van der Waals surface area contributed by atoms with Crippen molar-refractivity contribution in [2.45, 2.75) is 33.7 Å². The van der Waals surface area contributed by atoms with Crippen molar-refractivity contribution in [2.24, 2.45) is 12.0 Å². The Balaban J connectivity index is 0.00000364. The van der Waals surface area contributed by atoms with Crippen LogP contribution in [0, 0.1) is 13.8 Å². The largest absolute Gasteiger partial charge is 0.496 e. The number of benzene rings is 1. The second-order valence-electron chi connectivity index (χ2n) is 6.43. The maximum absolute atomic E-state index is 5.46. The predicted molar refractivity (Wildman–Crippen MR) is 122 cm³/mol. The third kappa shape index (κ3) is 6.12. The molecule has 0 aliphatic carbocycles. The molecule has 2 rings (SSSR count). The number of para-hydroxylation sites is 1. The van der Waals surface area contributed by atoms with Crippen molar-refractivity contribution in [1.82, 2.24) is 20.0 Å². The lowest BCUT2D eigenvalue weighted by molar-refractivity contribution is 0.396. The van der Waals surface area contributed by atoms with E-state index in [0.29, 0.717) is 0 Å². The van der Waals surface area contributed by atoms with Crippen LogP contribution in [0.2, 0.25) is 0 Å². The first-order valence-corrected chi connectivity index (χ1v) is 9.08. The lowest BCUT2D eigenvalue weighted by Crippen LogP contribution is -2.38. The van der Waals surface area contributed by atoms with Gasteiger partial charge in [0, 0.05) is 45.0 Å². The summed E-state index contributed by atoms with van der Waals surface area (Å²) in [5.41, 5.74) is 4.74. The van der Waals surface area contributed by atoms with Crippen molar-refractivity contribution in [3.05, 3.63) is 46.8 Å². The second kappa shape index (κ2) is 11.2. The van der Waals surface area contributed by atoms with E-state index >= 15 is 0 Å². The van der Waals surface area contributed by atoms with Crippen molar-refractivity contribution >= 4 is 29.9 Å². The number of nitrogens with zero attached hydrogens (tertiary/aromatic N) is 4. The van der Waals surface area contributed by atoms with E-state index in [1.54, 1.807) is 7.11 Å². The predicted octanol–water partition coefficient (Wildman–Crippen LogP) is 3.30. The van der Waals surface area contributed by atoms with Gasteiger partial charge >= 0.3 is 0 Å². The third-order valence-corrected chi connectivity index (χ3v) is 4.58. The molecule has 0 bridgehead atoms. The number of guanidine groups is 1. The molecule has 0 amide bonds. The number of hydrogen-bond acceptors (Lipinski definition) is 3. The fraction of sp³-hybridized carbons (Fsp3) is 0.500. The van der Waals surface area contributed by atoms with Gasteiger partial charge in [-0.2, -0.15) is 5.10 Å². The zero-order valence-electron chi connectivity index (χ0n) is 17.2. The molecule has 0 radical (unpaired) electrons. The number of aryl methyl sites for hydroxylation is 2. The third-order valence-electron chi connectivity index (χ3n) is 4.58. The van der Waals surface area contributed by atoms with Crippen LogP contribution >= 0.6 is 24.0 Å². The molecule has 27 heavy (non-hydrogen) atoms. The molecule has 0 spiro atoms. The van der Waals surface area contributed by atoms with Gasteiger partial charge in [-0.25, -0.2) is 0 Å². The number of methoxy groups -OCH3 is 1. The molecular weight excluding hydrogens is 453 g/mol. The average molecular weight is 485 g/mol. The van der Waals surface area contributed by atoms with Crippen LogP contribution in [0.3, 0.4) is 0 Å². The topological polar surface area (TPSA) is 54.7 Å². The Labute approximate surface area is 180 Å². The highest BCUT2D eigenvalue weighted by atomic mass is 127. The first-order chi connectivity index (χ1) is 12.5. The number of rotatable bonds is 7. The van der Waals surface area contributed by atoms with Gasteiger partial charge in [-0.15, -0.1) is 24.0 Å². The Morgan fingerprint density at radius 2 is 2.00 bits per heavy atom. The molecule has 0 unspecified atom stereocenters. The number of aromatic nitrogens is 2. The van der Waals surface area contributed by atoms with E-state index in [2.05, 4.69) is 49.2 Å². The summed E-state index contributed by atoms with van der Waals surface area (Å²) in [6, 6.07) is 8.09. The maximum Gasteiger partial charge on any atom is 0.193 e. The molecule has 0 saturated carbocycles. The summed E-state index contributed by atoms with van der Waals surface area (Å²) in [5, 5.41) is 7.86.